The van der Waals surface area contributed by atoms with E-state index in [1.165, 1.54) is 0 Å². The smallest absolute Gasteiger partial charge is 0.322 e. The van der Waals surface area contributed by atoms with Gasteiger partial charge < -0.3 is 5.32 Å². The van der Waals surface area contributed by atoms with Crippen molar-refractivity contribution < 1.29 is 22.4 Å². The Bertz CT molecular complexity index is 623. The molecule has 0 fully saturated rings. The minimum Gasteiger partial charge on any atom is -0.322 e. The number of carbonyl (C=O) groups is 1. The molecule has 0 aliphatic rings. The van der Waals surface area contributed by atoms with Crippen LogP contribution < -0.4 is 5.32 Å². The molecule has 2 aromatic rings. The van der Waals surface area contributed by atoms with Crippen molar-refractivity contribution in [2.24, 2.45) is 0 Å². The molecule has 0 aliphatic heterocycles. The number of alkyl halides is 3. The molecule has 6 heteroatoms. The lowest BCUT2D eigenvalue weighted by Gasteiger charge is -2.10. The van der Waals surface area contributed by atoms with Gasteiger partial charge in [-0.25, -0.2) is 4.39 Å². The van der Waals surface area contributed by atoms with Crippen LogP contribution in [0, 0.1) is 5.82 Å². The Morgan fingerprint density at radius 2 is 1.65 bits per heavy atom. The number of halogens is 4. The van der Waals surface area contributed by atoms with Gasteiger partial charge in [0.05, 0.1) is 5.56 Å². The van der Waals surface area contributed by atoms with E-state index < -0.39 is 23.5 Å². The topological polar surface area (TPSA) is 29.1 Å². The zero-order chi connectivity index (χ0) is 14.8. The molecule has 2 aromatic carbocycles. The Morgan fingerprint density at radius 3 is 2.25 bits per heavy atom. The summed E-state index contributed by atoms with van der Waals surface area (Å²) in [4.78, 5) is 11.8. The van der Waals surface area contributed by atoms with E-state index in [4.69, 9.17) is 0 Å². The normalized spacial score (nSPS) is 11.2. The molecule has 20 heavy (non-hydrogen) atoms. The number of para-hydroxylation sites is 1. The van der Waals surface area contributed by atoms with E-state index in [1.54, 1.807) is 30.3 Å². The lowest BCUT2D eigenvalue weighted by molar-refractivity contribution is -0.140. The molecule has 0 bridgehead atoms. The first-order valence-electron chi connectivity index (χ1n) is 5.61. The molecule has 0 unspecified atom stereocenters. The number of rotatable bonds is 2. The second-order valence-electron chi connectivity index (χ2n) is 4.01. The highest BCUT2D eigenvalue weighted by Gasteiger charge is 2.34. The number of amides is 1. The van der Waals surface area contributed by atoms with Crippen LogP contribution >= 0.6 is 0 Å². The summed E-state index contributed by atoms with van der Waals surface area (Å²) >= 11 is 0. The zero-order valence-corrected chi connectivity index (χ0v) is 10.0. The highest BCUT2D eigenvalue weighted by molar-refractivity contribution is 6.04. The van der Waals surface area contributed by atoms with Gasteiger partial charge in [0.1, 0.15) is 5.82 Å². The molecule has 2 rings (SSSR count). The van der Waals surface area contributed by atoms with Crippen molar-refractivity contribution in [3.8, 4) is 0 Å². The van der Waals surface area contributed by atoms with Crippen molar-refractivity contribution >= 4 is 11.6 Å². The van der Waals surface area contributed by atoms with Crippen molar-refractivity contribution in [2.45, 2.75) is 6.18 Å². The minimum atomic E-state index is -4.84. The fourth-order valence-corrected chi connectivity index (χ4v) is 1.61. The first kappa shape index (κ1) is 14.0. The molecule has 0 atom stereocenters. The number of anilines is 1. The van der Waals surface area contributed by atoms with Gasteiger partial charge in [0.15, 0.2) is 0 Å². The average molecular weight is 283 g/mol. The maximum Gasteiger partial charge on any atom is 0.419 e. The van der Waals surface area contributed by atoms with Gasteiger partial charge in [0.25, 0.3) is 5.91 Å². The summed E-state index contributed by atoms with van der Waals surface area (Å²) in [5, 5.41) is 2.43. The van der Waals surface area contributed by atoms with Gasteiger partial charge in [-0.15, -0.1) is 0 Å². The lowest BCUT2D eigenvalue weighted by Crippen LogP contribution is -2.15. The van der Waals surface area contributed by atoms with Crippen LogP contribution in [-0.2, 0) is 6.18 Å². The van der Waals surface area contributed by atoms with Gasteiger partial charge in [0, 0.05) is 11.3 Å². The Kier molecular flexibility index (Phi) is 3.74. The predicted octanol–water partition coefficient (Wildman–Crippen LogP) is 4.10. The number of hydrogen-bond acceptors (Lipinski definition) is 1. The van der Waals surface area contributed by atoms with Crippen LogP contribution in [0.5, 0.6) is 0 Å². The van der Waals surface area contributed by atoms with E-state index >= 15 is 0 Å². The quantitative estimate of drug-likeness (QED) is 0.826. The Balaban J connectivity index is 2.27. The van der Waals surface area contributed by atoms with Crippen LogP contribution in [0.15, 0.2) is 48.5 Å². The van der Waals surface area contributed by atoms with E-state index in [2.05, 4.69) is 5.32 Å². The highest BCUT2D eigenvalue weighted by Crippen LogP contribution is 2.32. The van der Waals surface area contributed by atoms with Gasteiger partial charge in [-0.05, 0) is 30.3 Å². The second kappa shape index (κ2) is 5.32. The highest BCUT2D eigenvalue weighted by atomic mass is 19.4. The molecule has 0 spiro atoms. The van der Waals surface area contributed by atoms with Gasteiger partial charge in [-0.1, -0.05) is 18.2 Å². The fourth-order valence-electron chi connectivity index (χ4n) is 1.61. The molecule has 104 valence electrons. The standard InChI is InChI=1S/C14H9F4NO/c15-12-7-6-9(8-11(12)14(16,17)18)13(20)19-10-4-2-1-3-5-10/h1-8H,(H,19,20). The summed E-state index contributed by atoms with van der Waals surface area (Å²) in [7, 11) is 0. The maximum absolute atomic E-state index is 13.1. The van der Waals surface area contributed by atoms with Crippen molar-refractivity contribution in [1.82, 2.24) is 0 Å². The molecule has 0 saturated carbocycles. The van der Waals surface area contributed by atoms with E-state index in [0.29, 0.717) is 17.8 Å². The van der Waals surface area contributed by atoms with Gasteiger partial charge >= 0.3 is 6.18 Å². The van der Waals surface area contributed by atoms with E-state index in [9.17, 15) is 22.4 Å². The number of hydrogen-bond donors (Lipinski definition) is 1. The summed E-state index contributed by atoms with van der Waals surface area (Å²) in [6.07, 6.45) is -4.84. The van der Waals surface area contributed by atoms with Gasteiger partial charge in [-0.2, -0.15) is 13.2 Å². The van der Waals surface area contributed by atoms with Crippen molar-refractivity contribution in [2.75, 3.05) is 5.32 Å². The number of carbonyl (C=O) groups excluding carboxylic acids is 1. The summed E-state index contributed by atoms with van der Waals surface area (Å²) in [5.74, 6) is -2.14. The molecule has 0 radical (unpaired) electrons. The monoisotopic (exact) mass is 283 g/mol. The van der Waals surface area contributed by atoms with Gasteiger partial charge in [0.2, 0.25) is 0 Å². The van der Waals surface area contributed by atoms with Crippen LogP contribution in [0.2, 0.25) is 0 Å². The number of benzene rings is 2. The number of nitrogens with one attached hydrogen (secondary N) is 1. The predicted molar refractivity (Wildman–Crippen MR) is 65.8 cm³/mol. The molecule has 0 aliphatic carbocycles. The van der Waals surface area contributed by atoms with Gasteiger partial charge in [-0.3, -0.25) is 4.79 Å². The van der Waals surface area contributed by atoms with Crippen LogP contribution in [0.1, 0.15) is 15.9 Å². The first-order valence-corrected chi connectivity index (χ1v) is 5.61. The van der Waals surface area contributed by atoms with E-state index in [1.807, 2.05) is 0 Å². The summed E-state index contributed by atoms with van der Waals surface area (Å²) in [5.41, 5.74) is -1.28. The van der Waals surface area contributed by atoms with Crippen LogP contribution in [0.3, 0.4) is 0 Å². The van der Waals surface area contributed by atoms with E-state index in [-0.39, 0.29) is 5.56 Å². The SMILES string of the molecule is O=C(Nc1ccccc1)c1ccc(F)c(C(F)(F)F)c1. The third-order valence-electron chi connectivity index (χ3n) is 2.57. The van der Waals surface area contributed by atoms with Crippen molar-refractivity contribution in [3.05, 3.63) is 65.5 Å². The molecular formula is C14H9F4NO. The van der Waals surface area contributed by atoms with E-state index in [0.717, 1.165) is 6.07 Å². The largest absolute Gasteiger partial charge is 0.419 e. The Morgan fingerprint density at radius 1 is 1.00 bits per heavy atom. The molecule has 0 heterocycles. The Labute approximate surface area is 112 Å². The fraction of sp³-hybridized carbons (Fsp3) is 0.0714. The summed E-state index contributed by atoms with van der Waals surface area (Å²) in [6.45, 7) is 0. The third-order valence-corrected chi connectivity index (χ3v) is 2.57. The summed E-state index contributed by atoms with van der Waals surface area (Å²) in [6, 6.07) is 10.4. The van der Waals surface area contributed by atoms with Crippen LogP contribution in [-0.4, -0.2) is 5.91 Å². The van der Waals surface area contributed by atoms with Crippen LogP contribution in [0.25, 0.3) is 0 Å². The molecule has 1 N–H and O–H groups in total. The van der Waals surface area contributed by atoms with Crippen molar-refractivity contribution in [1.29, 1.82) is 0 Å². The minimum absolute atomic E-state index is 0.262. The van der Waals surface area contributed by atoms with Crippen LogP contribution in [0.4, 0.5) is 23.2 Å². The second-order valence-corrected chi connectivity index (χ2v) is 4.01. The zero-order valence-electron chi connectivity index (χ0n) is 10.0. The molecule has 1 amide bonds. The first-order chi connectivity index (χ1) is 9.38. The molecule has 0 saturated heterocycles. The molecular weight excluding hydrogens is 274 g/mol. The Hall–Kier alpha value is -2.37. The third kappa shape index (κ3) is 3.14. The van der Waals surface area contributed by atoms with Crippen molar-refractivity contribution in [3.63, 3.8) is 0 Å². The molecule has 0 aromatic heterocycles. The average Bonchev–Trinajstić information content (AvgIpc) is 2.39. The lowest BCUT2D eigenvalue weighted by atomic mass is 10.1. The molecule has 2 nitrogen and oxygen atoms in total. The maximum atomic E-state index is 13.1. The summed E-state index contributed by atoms with van der Waals surface area (Å²) < 4.78 is 50.7.